The van der Waals surface area contributed by atoms with Gasteiger partial charge in [0.2, 0.25) is 5.88 Å². The Balaban J connectivity index is 1.85. The first kappa shape index (κ1) is 20.2. The molecular formula is C23H23NO5. The molecule has 0 atom stereocenters. The SMILES string of the molecule is CCOc1cc(CC(=O)OC)cc(Oc2cccc(-c3ccc(OC)nc3)c2)c1. The van der Waals surface area contributed by atoms with Crippen LogP contribution in [0.25, 0.3) is 11.1 Å². The summed E-state index contributed by atoms with van der Waals surface area (Å²) in [7, 11) is 2.95. The zero-order valence-corrected chi connectivity index (χ0v) is 16.7. The Hall–Kier alpha value is -3.54. The number of hydrogen-bond donors (Lipinski definition) is 0. The van der Waals surface area contributed by atoms with Gasteiger partial charge in [-0.25, -0.2) is 4.98 Å². The Morgan fingerprint density at radius 1 is 0.931 bits per heavy atom. The summed E-state index contributed by atoms with van der Waals surface area (Å²) in [6.45, 7) is 2.42. The van der Waals surface area contributed by atoms with E-state index in [2.05, 4.69) is 4.98 Å². The van der Waals surface area contributed by atoms with Crippen LogP contribution in [0, 0.1) is 0 Å². The molecule has 6 heteroatoms. The second kappa shape index (κ2) is 9.59. The molecule has 0 saturated heterocycles. The van der Waals surface area contributed by atoms with Crippen molar-refractivity contribution < 1.29 is 23.7 Å². The average molecular weight is 393 g/mol. The molecule has 6 nitrogen and oxygen atoms in total. The van der Waals surface area contributed by atoms with E-state index in [9.17, 15) is 4.79 Å². The molecule has 0 fully saturated rings. The molecule has 3 aromatic rings. The first-order valence-corrected chi connectivity index (χ1v) is 9.23. The lowest BCUT2D eigenvalue weighted by Gasteiger charge is -2.12. The Labute approximate surface area is 170 Å². The highest BCUT2D eigenvalue weighted by molar-refractivity contribution is 5.73. The maximum atomic E-state index is 11.6. The third kappa shape index (κ3) is 5.48. The minimum atomic E-state index is -0.321. The van der Waals surface area contributed by atoms with Gasteiger partial charge in [-0.2, -0.15) is 0 Å². The molecule has 2 aromatic carbocycles. The number of esters is 1. The van der Waals surface area contributed by atoms with Crippen LogP contribution in [0.15, 0.2) is 60.8 Å². The molecule has 29 heavy (non-hydrogen) atoms. The largest absolute Gasteiger partial charge is 0.494 e. The Kier molecular flexibility index (Phi) is 6.68. The number of carbonyl (C=O) groups excluding carboxylic acids is 1. The molecule has 0 radical (unpaired) electrons. The molecule has 0 aliphatic carbocycles. The van der Waals surface area contributed by atoms with Crippen LogP contribution in [0.3, 0.4) is 0 Å². The zero-order valence-electron chi connectivity index (χ0n) is 16.7. The number of methoxy groups -OCH3 is 2. The molecule has 1 aromatic heterocycles. The van der Waals surface area contributed by atoms with Crippen LogP contribution in [0.4, 0.5) is 0 Å². The summed E-state index contributed by atoms with van der Waals surface area (Å²) in [5.41, 5.74) is 2.67. The summed E-state index contributed by atoms with van der Waals surface area (Å²) in [5.74, 6) is 2.13. The molecule has 3 rings (SSSR count). The van der Waals surface area contributed by atoms with Crippen molar-refractivity contribution >= 4 is 5.97 Å². The Morgan fingerprint density at radius 3 is 2.45 bits per heavy atom. The van der Waals surface area contributed by atoms with Crippen molar-refractivity contribution in [2.45, 2.75) is 13.3 Å². The number of aromatic nitrogens is 1. The number of carbonyl (C=O) groups is 1. The molecule has 0 unspecified atom stereocenters. The topological polar surface area (TPSA) is 66.9 Å². The number of nitrogens with zero attached hydrogens (tertiary/aromatic N) is 1. The van der Waals surface area contributed by atoms with Gasteiger partial charge in [-0.15, -0.1) is 0 Å². The van der Waals surface area contributed by atoms with Crippen LogP contribution in [0.1, 0.15) is 12.5 Å². The highest BCUT2D eigenvalue weighted by Crippen LogP contribution is 2.31. The molecule has 0 aliphatic rings. The fourth-order valence-electron chi connectivity index (χ4n) is 2.83. The van der Waals surface area contributed by atoms with E-state index in [0.717, 1.165) is 16.7 Å². The zero-order chi connectivity index (χ0) is 20.6. The van der Waals surface area contributed by atoms with E-state index in [-0.39, 0.29) is 12.4 Å². The summed E-state index contributed by atoms with van der Waals surface area (Å²) in [4.78, 5) is 15.9. The van der Waals surface area contributed by atoms with Crippen LogP contribution < -0.4 is 14.2 Å². The third-order valence-corrected chi connectivity index (χ3v) is 4.18. The highest BCUT2D eigenvalue weighted by Gasteiger charge is 2.09. The van der Waals surface area contributed by atoms with Gasteiger partial charge < -0.3 is 18.9 Å². The van der Waals surface area contributed by atoms with E-state index < -0.39 is 0 Å². The van der Waals surface area contributed by atoms with Crippen LogP contribution in [-0.2, 0) is 16.0 Å². The third-order valence-electron chi connectivity index (χ3n) is 4.18. The maximum Gasteiger partial charge on any atom is 0.309 e. The van der Waals surface area contributed by atoms with Crippen molar-refractivity contribution in [1.29, 1.82) is 0 Å². The Morgan fingerprint density at radius 2 is 1.76 bits per heavy atom. The molecule has 0 bridgehead atoms. The van der Waals surface area contributed by atoms with Crippen molar-refractivity contribution in [3.8, 4) is 34.3 Å². The van der Waals surface area contributed by atoms with Crippen LogP contribution >= 0.6 is 0 Å². The lowest BCUT2D eigenvalue weighted by molar-refractivity contribution is -0.139. The molecule has 1 heterocycles. The first-order valence-electron chi connectivity index (χ1n) is 9.23. The van der Waals surface area contributed by atoms with Crippen molar-refractivity contribution in [3.05, 3.63) is 66.4 Å². The minimum Gasteiger partial charge on any atom is -0.494 e. The van der Waals surface area contributed by atoms with Gasteiger partial charge in [0.25, 0.3) is 0 Å². The van der Waals surface area contributed by atoms with Crippen molar-refractivity contribution in [2.24, 2.45) is 0 Å². The van der Waals surface area contributed by atoms with Gasteiger partial charge in [0.05, 0.1) is 27.2 Å². The van der Waals surface area contributed by atoms with Gasteiger partial charge in [-0.3, -0.25) is 4.79 Å². The number of hydrogen-bond acceptors (Lipinski definition) is 6. The molecule has 0 N–H and O–H groups in total. The standard InChI is InChI=1S/C23H23NO5/c1-4-28-20-10-16(12-23(25)27-3)11-21(14-20)29-19-7-5-6-17(13-19)18-8-9-22(26-2)24-15-18/h5-11,13-15H,4,12H2,1-3H3. The van der Waals surface area contributed by atoms with Crippen molar-refractivity contribution in [1.82, 2.24) is 4.98 Å². The van der Waals surface area contributed by atoms with Crippen molar-refractivity contribution in [3.63, 3.8) is 0 Å². The molecule has 0 amide bonds. The number of ether oxygens (including phenoxy) is 4. The maximum absolute atomic E-state index is 11.6. The summed E-state index contributed by atoms with van der Waals surface area (Å²) in [5, 5.41) is 0. The lowest BCUT2D eigenvalue weighted by Crippen LogP contribution is -2.05. The predicted molar refractivity (Wildman–Crippen MR) is 110 cm³/mol. The van der Waals surface area contributed by atoms with Gasteiger partial charge in [0.1, 0.15) is 17.2 Å². The van der Waals surface area contributed by atoms with E-state index in [1.165, 1.54) is 7.11 Å². The van der Waals surface area contributed by atoms with Crippen molar-refractivity contribution in [2.75, 3.05) is 20.8 Å². The van der Waals surface area contributed by atoms with E-state index in [1.807, 2.05) is 49.4 Å². The van der Waals surface area contributed by atoms with E-state index in [1.54, 1.807) is 25.4 Å². The second-order valence-corrected chi connectivity index (χ2v) is 6.22. The molecule has 0 aliphatic heterocycles. The average Bonchev–Trinajstić information content (AvgIpc) is 2.74. The van der Waals surface area contributed by atoms with Gasteiger partial charge in [0.15, 0.2) is 0 Å². The quantitative estimate of drug-likeness (QED) is 0.519. The Bertz CT molecular complexity index is 969. The van der Waals surface area contributed by atoms with Gasteiger partial charge in [-0.1, -0.05) is 12.1 Å². The van der Waals surface area contributed by atoms with Gasteiger partial charge in [-0.05, 0) is 48.4 Å². The molecular weight excluding hydrogens is 370 g/mol. The van der Waals surface area contributed by atoms with Crippen LogP contribution in [0.2, 0.25) is 0 Å². The number of benzene rings is 2. The minimum absolute atomic E-state index is 0.144. The highest BCUT2D eigenvalue weighted by atomic mass is 16.5. The number of rotatable bonds is 8. The predicted octanol–water partition coefficient (Wildman–Crippen LogP) is 4.66. The molecule has 150 valence electrons. The smallest absolute Gasteiger partial charge is 0.309 e. The summed E-state index contributed by atoms with van der Waals surface area (Å²) >= 11 is 0. The number of pyridine rings is 1. The molecule has 0 spiro atoms. The van der Waals surface area contributed by atoms with Crippen LogP contribution in [-0.4, -0.2) is 31.8 Å². The van der Waals surface area contributed by atoms with E-state index >= 15 is 0 Å². The summed E-state index contributed by atoms with van der Waals surface area (Å²) < 4.78 is 21.5. The van der Waals surface area contributed by atoms with E-state index in [4.69, 9.17) is 18.9 Å². The fourth-order valence-corrected chi connectivity index (χ4v) is 2.83. The normalized spacial score (nSPS) is 10.3. The van der Waals surface area contributed by atoms with Crippen LogP contribution in [0.5, 0.6) is 23.1 Å². The lowest BCUT2D eigenvalue weighted by atomic mass is 10.1. The van der Waals surface area contributed by atoms with Gasteiger partial charge >= 0.3 is 5.97 Å². The van der Waals surface area contributed by atoms with Gasteiger partial charge in [0, 0.05) is 23.9 Å². The second-order valence-electron chi connectivity index (χ2n) is 6.22. The summed E-state index contributed by atoms with van der Waals surface area (Å²) in [6, 6.07) is 16.9. The molecule has 0 saturated carbocycles. The first-order chi connectivity index (χ1) is 14.1. The summed E-state index contributed by atoms with van der Waals surface area (Å²) in [6.07, 6.45) is 1.90. The van der Waals surface area contributed by atoms with E-state index in [0.29, 0.717) is 29.7 Å². The fraction of sp³-hybridized carbons (Fsp3) is 0.217. The monoisotopic (exact) mass is 393 g/mol.